The Balaban J connectivity index is 1.54. The van der Waals surface area contributed by atoms with E-state index in [2.05, 4.69) is 10.6 Å². The summed E-state index contributed by atoms with van der Waals surface area (Å²) in [7, 11) is 0. The highest BCUT2D eigenvalue weighted by atomic mass is 16.5. The zero-order valence-electron chi connectivity index (χ0n) is 15.1. The lowest BCUT2D eigenvalue weighted by molar-refractivity contribution is 0.262. The molecule has 5 heteroatoms. The highest BCUT2D eigenvalue weighted by molar-refractivity contribution is 6.00. The van der Waals surface area contributed by atoms with Crippen LogP contribution in [0.25, 0.3) is 0 Å². The Morgan fingerprint density at radius 2 is 1.52 bits per heavy atom. The fraction of sp³-hybridized carbons (Fsp3) is 0.136. The lowest BCUT2D eigenvalue weighted by Crippen LogP contribution is -2.19. The van der Waals surface area contributed by atoms with E-state index in [0.717, 1.165) is 11.3 Å². The van der Waals surface area contributed by atoms with Crippen LogP contribution >= 0.6 is 0 Å². The van der Waals surface area contributed by atoms with Gasteiger partial charge in [-0.15, -0.1) is 0 Å². The second-order valence-electron chi connectivity index (χ2n) is 5.81. The van der Waals surface area contributed by atoms with E-state index >= 15 is 0 Å². The number of anilines is 2. The number of benzene rings is 3. The van der Waals surface area contributed by atoms with E-state index in [1.807, 2.05) is 67.6 Å². The van der Waals surface area contributed by atoms with Crippen molar-refractivity contribution in [3.05, 3.63) is 84.4 Å². The molecule has 138 valence electrons. The SMILES string of the molecule is CCOc1ccccc1NC(=O)Nc1ccc(OCc2ccccc2)cc1. The molecule has 3 aromatic carbocycles. The predicted molar refractivity (Wildman–Crippen MR) is 107 cm³/mol. The molecule has 0 heterocycles. The molecule has 0 saturated carbocycles. The van der Waals surface area contributed by atoms with Crippen LogP contribution in [0.15, 0.2) is 78.9 Å². The van der Waals surface area contributed by atoms with Crippen molar-refractivity contribution >= 4 is 17.4 Å². The second-order valence-corrected chi connectivity index (χ2v) is 5.81. The number of nitrogens with one attached hydrogen (secondary N) is 2. The van der Waals surface area contributed by atoms with Gasteiger partial charge in [0, 0.05) is 5.69 Å². The minimum absolute atomic E-state index is 0.333. The second kappa shape index (κ2) is 9.29. The molecule has 0 fully saturated rings. The van der Waals surface area contributed by atoms with Crippen molar-refractivity contribution in [1.29, 1.82) is 0 Å². The number of hydrogen-bond acceptors (Lipinski definition) is 3. The number of carbonyl (C=O) groups excluding carboxylic acids is 1. The average Bonchev–Trinajstić information content (AvgIpc) is 2.70. The van der Waals surface area contributed by atoms with Crippen molar-refractivity contribution in [3.8, 4) is 11.5 Å². The van der Waals surface area contributed by atoms with Crippen LogP contribution in [-0.4, -0.2) is 12.6 Å². The highest BCUT2D eigenvalue weighted by Crippen LogP contribution is 2.24. The maximum absolute atomic E-state index is 12.2. The van der Waals surface area contributed by atoms with Crippen molar-refractivity contribution in [2.24, 2.45) is 0 Å². The van der Waals surface area contributed by atoms with Crippen LogP contribution in [0.4, 0.5) is 16.2 Å². The number of para-hydroxylation sites is 2. The monoisotopic (exact) mass is 362 g/mol. The van der Waals surface area contributed by atoms with E-state index in [4.69, 9.17) is 9.47 Å². The zero-order chi connectivity index (χ0) is 18.9. The van der Waals surface area contributed by atoms with Gasteiger partial charge in [-0.3, -0.25) is 0 Å². The van der Waals surface area contributed by atoms with Crippen LogP contribution in [0.2, 0.25) is 0 Å². The molecule has 0 bridgehead atoms. The molecule has 0 spiro atoms. The largest absolute Gasteiger partial charge is 0.492 e. The Bertz CT molecular complexity index is 864. The van der Waals surface area contributed by atoms with Gasteiger partial charge in [0.2, 0.25) is 0 Å². The molecule has 5 nitrogen and oxygen atoms in total. The molecule has 0 unspecified atom stereocenters. The fourth-order valence-corrected chi connectivity index (χ4v) is 2.51. The van der Waals surface area contributed by atoms with E-state index in [1.54, 1.807) is 18.2 Å². The lowest BCUT2D eigenvalue weighted by atomic mass is 10.2. The number of amides is 2. The average molecular weight is 362 g/mol. The molecule has 0 aromatic heterocycles. The zero-order valence-corrected chi connectivity index (χ0v) is 15.1. The molecule has 0 saturated heterocycles. The van der Waals surface area contributed by atoms with Crippen molar-refractivity contribution in [3.63, 3.8) is 0 Å². The maximum Gasteiger partial charge on any atom is 0.323 e. The third-order valence-electron chi connectivity index (χ3n) is 3.80. The molecule has 2 N–H and O–H groups in total. The minimum atomic E-state index is -0.333. The first-order valence-corrected chi connectivity index (χ1v) is 8.81. The van der Waals surface area contributed by atoms with Crippen LogP contribution in [0.5, 0.6) is 11.5 Å². The van der Waals surface area contributed by atoms with Crippen LogP contribution in [0.1, 0.15) is 12.5 Å². The summed E-state index contributed by atoms with van der Waals surface area (Å²) in [6.07, 6.45) is 0. The topological polar surface area (TPSA) is 59.6 Å². The summed E-state index contributed by atoms with van der Waals surface area (Å²) in [4.78, 5) is 12.2. The first kappa shape index (κ1) is 18.3. The number of ether oxygens (including phenoxy) is 2. The Morgan fingerprint density at radius 3 is 2.26 bits per heavy atom. The molecule has 27 heavy (non-hydrogen) atoms. The molecule has 3 rings (SSSR count). The van der Waals surface area contributed by atoms with Crippen LogP contribution in [-0.2, 0) is 6.61 Å². The lowest BCUT2D eigenvalue weighted by Gasteiger charge is -2.12. The molecule has 0 radical (unpaired) electrons. The maximum atomic E-state index is 12.2. The molecular formula is C22H22N2O3. The van der Waals surface area contributed by atoms with Gasteiger partial charge in [-0.25, -0.2) is 4.79 Å². The summed E-state index contributed by atoms with van der Waals surface area (Å²) in [5.74, 6) is 1.38. The molecule has 0 aliphatic rings. The van der Waals surface area contributed by atoms with E-state index in [9.17, 15) is 4.79 Å². The molecular weight excluding hydrogens is 340 g/mol. The number of urea groups is 1. The van der Waals surface area contributed by atoms with Gasteiger partial charge in [-0.2, -0.15) is 0 Å². The summed E-state index contributed by atoms with van der Waals surface area (Å²) >= 11 is 0. The van der Waals surface area contributed by atoms with Crippen LogP contribution < -0.4 is 20.1 Å². The fourth-order valence-electron chi connectivity index (χ4n) is 2.51. The van der Waals surface area contributed by atoms with Crippen molar-refractivity contribution in [2.75, 3.05) is 17.2 Å². The quantitative estimate of drug-likeness (QED) is 0.599. The van der Waals surface area contributed by atoms with E-state index < -0.39 is 0 Å². The van der Waals surface area contributed by atoms with Crippen LogP contribution in [0, 0.1) is 0 Å². The van der Waals surface area contributed by atoms with E-state index in [-0.39, 0.29) is 6.03 Å². The first-order valence-electron chi connectivity index (χ1n) is 8.81. The van der Waals surface area contributed by atoms with Gasteiger partial charge < -0.3 is 20.1 Å². The molecule has 0 aliphatic heterocycles. The first-order chi connectivity index (χ1) is 13.2. The summed E-state index contributed by atoms with van der Waals surface area (Å²) in [6.45, 7) is 2.94. The normalized spacial score (nSPS) is 10.1. The van der Waals surface area contributed by atoms with E-state index in [1.165, 1.54) is 0 Å². The van der Waals surface area contributed by atoms with Crippen molar-refractivity contribution in [1.82, 2.24) is 0 Å². The Morgan fingerprint density at radius 1 is 0.815 bits per heavy atom. The van der Waals surface area contributed by atoms with Gasteiger partial charge in [-0.1, -0.05) is 42.5 Å². The standard InChI is InChI=1S/C22H22N2O3/c1-2-26-21-11-7-6-10-20(21)24-22(25)23-18-12-14-19(15-13-18)27-16-17-8-4-3-5-9-17/h3-15H,2,16H2,1H3,(H2,23,24,25). The van der Waals surface area contributed by atoms with Gasteiger partial charge in [0.1, 0.15) is 18.1 Å². The Labute approximate surface area is 158 Å². The minimum Gasteiger partial charge on any atom is -0.492 e. The van der Waals surface area contributed by atoms with Gasteiger partial charge in [0.05, 0.1) is 12.3 Å². The Kier molecular flexibility index (Phi) is 6.30. The van der Waals surface area contributed by atoms with Crippen molar-refractivity contribution in [2.45, 2.75) is 13.5 Å². The van der Waals surface area contributed by atoms with Crippen molar-refractivity contribution < 1.29 is 14.3 Å². The summed E-state index contributed by atoms with van der Waals surface area (Å²) in [6, 6.07) is 24.2. The van der Waals surface area contributed by atoms with E-state index in [0.29, 0.717) is 30.3 Å². The van der Waals surface area contributed by atoms with Gasteiger partial charge >= 0.3 is 6.03 Å². The third-order valence-corrected chi connectivity index (χ3v) is 3.80. The summed E-state index contributed by atoms with van der Waals surface area (Å²) in [5, 5.41) is 5.60. The van der Waals surface area contributed by atoms with Gasteiger partial charge in [-0.05, 0) is 48.9 Å². The molecule has 0 atom stereocenters. The molecule has 2 amide bonds. The third kappa shape index (κ3) is 5.51. The summed E-state index contributed by atoms with van der Waals surface area (Å²) in [5.41, 5.74) is 2.40. The summed E-state index contributed by atoms with van der Waals surface area (Å²) < 4.78 is 11.3. The highest BCUT2D eigenvalue weighted by Gasteiger charge is 2.07. The number of rotatable bonds is 7. The van der Waals surface area contributed by atoms with Crippen LogP contribution in [0.3, 0.4) is 0 Å². The molecule has 3 aromatic rings. The number of hydrogen-bond donors (Lipinski definition) is 2. The van der Waals surface area contributed by atoms with Gasteiger partial charge in [0.25, 0.3) is 0 Å². The predicted octanol–water partition coefficient (Wildman–Crippen LogP) is 5.31. The van der Waals surface area contributed by atoms with Gasteiger partial charge in [0.15, 0.2) is 0 Å². The Hall–Kier alpha value is -3.47. The smallest absolute Gasteiger partial charge is 0.323 e. The number of carbonyl (C=O) groups is 1. The molecule has 0 aliphatic carbocycles.